The van der Waals surface area contributed by atoms with Gasteiger partial charge in [-0.2, -0.15) is 0 Å². The summed E-state index contributed by atoms with van der Waals surface area (Å²) in [6.45, 7) is 0. The van der Waals surface area contributed by atoms with Gasteiger partial charge < -0.3 is 4.57 Å². The van der Waals surface area contributed by atoms with Crippen molar-refractivity contribution >= 4 is 54.3 Å². The zero-order valence-electron chi connectivity index (χ0n) is 26.7. The summed E-state index contributed by atoms with van der Waals surface area (Å²) < 4.78 is 2.32. The van der Waals surface area contributed by atoms with E-state index in [0.717, 1.165) is 27.6 Å². The van der Waals surface area contributed by atoms with E-state index in [9.17, 15) is 0 Å². The molecule has 0 amide bonds. The van der Waals surface area contributed by atoms with Crippen molar-refractivity contribution < 1.29 is 0 Å². The summed E-state index contributed by atoms with van der Waals surface area (Å²) in [6, 6.07) is 63.7. The smallest absolute Gasteiger partial charge is 0.0963 e. The lowest BCUT2D eigenvalue weighted by Gasteiger charge is -2.19. The third-order valence-electron chi connectivity index (χ3n) is 10.0. The van der Waals surface area contributed by atoms with Crippen LogP contribution in [0.2, 0.25) is 0 Å². The van der Waals surface area contributed by atoms with Gasteiger partial charge in [0, 0.05) is 17.3 Å². The maximum Gasteiger partial charge on any atom is 0.0963 e. The lowest BCUT2D eigenvalue weighted by molar-refractivity contribution is 1.18. The van der Waals surface area contributed by atoms with Crippen molar-refractivity contribution in [1.82, 2.24) is 9.55 Å². The van der Waals surface area contributed by atoms with Crippen molar-refractivity contribution in [2.75, 3.05) is 0 Å². The predicted octanol–water partition coefficient (Wildman–Crippen LogP) is 12.6. The molecule has 2 heterocycles. The van der Waals surface area contributed by atoms with Crippen LogP contribution in [0.5, 0.6) is 0 Å². The highest BCUT2D eigenvalue weighted by molar-refractivity contribution is 6.24. The summed E-state index contributed by atoms with van der Waals surface area (Å²) in [4.78, 5) is 4.87. The highest BCUT2D eigenvalue weighted by Crippen LogP contribution is 2.46. The summed E-state index contributed by atoms with van der Waals surface area (Å²) >= 11 is 0. The second kappa shape index (κ2) is 11.0. The van der Waals surface area contributed by atoms with E-state index in [1.165, 1.54) is 65.7 Å². The molecule has 0 aliphatic heterocycles. The molecule has 2 aromatic heterocycles. The van der Waals surface area contributed by atoms with Gasteiger partial charge in [-0.15, -0.1) is 0 Å². The van der Waals surface area contributed by atoms with E-state index in [1.807, 2.05) is 12.3 Å². The van der Waals surface area contributed by atoms with E-state index in [-0.39, 0.29) is 0 Å². The predicted molar refractivity (Wildman–Crippen MR) is 207 cm³/mol. The number of para-hydroxylation sites is 1. The minimum absolute atomic E-state index is 1.01. The van der Waals surface area contributed by atoms with Gasteiger partial charge in [0.25, 0.3) is 0 Å². The number of benzene rings is 8. The molecule has 0 N–H and O–H groups in total. The molecular weight excluding hydrogens is 593 g/mol. The second-order valence-corrected chi connectivity index (χ2v) is 12.7. The molecule has 0 spiro atoms. The first-order chi connectivity index (χ1) is 24.3. The number of pyridine rings is 1. The molecule has 10 rings (SSSR count). The summed E-state index contributed by atoms with van der Waals surface area (Å²) in [6.07, 6.45) is 1.89. The van der Waals surface area contributed by atoms with Crippen molar-refractivity contribution in [3.8, 4) is 39.1 Å². The van der Waals surface area contributed by atoms with Gasteiger partial charge in [-0.25, -0.2) is 0 Å². The van der Waals surface area contributed by atoms with E-state index in [0.29, 0.717) is 0 Å². The maximum atomic E-state index is 4.87. The first kappa shape index (κ1) is 27.6. The third kappa shape index (κ3) is 4.24. The van der Waals surface area contributed by atoms with E-state index in [2.05, 4.69) is 174 Å². The topological polar surface area (TPSA) is 17.8 Å². The number of fused-ring (bicyclic) bond motifs is 6. The number of nitrogens with zero attached hydrogens (tertiary/aromatic N) is 2. The van der Waals surface area contributed by atoms with Gasteiger partial charge in [0.05, 0.1) is 16.6 Å². The van der Waals surface area contributed by atoms with Crippen LogP contribution < -0.4 is 0 Å². The van der Waals surface area contributed by atoms with Crippen LogP contribution in [-0.2, 0) is 0 Å². The van der Waals surface area contributed by atoms with E-state index < -0.39 is 0 Å². The van der Waals surface area contributed by atoms with Crippen LogP contribution in [0.3, 0.4) is 0 Å². The molecule has 10 aromatic rings. The summed E-state index contributed by atoms with van der Waals surface area (Å²) in [5.41, 5.74) is 11.9. The van der Waals surface area contributed by atoms with Crippen LogP contribution in [-0.4, -0.2) is 9.55 Å². The Morgan fingerprint density at radius 1 is 0.347 bits per heavy atom. The molecule has 0 saturated heterocycles. The van der Waals surface area contributed by atoms with Crippen molar-refractivity contribution in [2.45, 2.75) is 0 Å². The standard InChI is InChI=1S/C47H30N2/c1-3-14-31(15-4-1)45-37-20-9-11-22-39(37)46(40-23-12-10-21-38(40)45)41-27-26-34(35-18-7-8-19-36(35)41)32-25-28-43-42(30-32)47-44(24-13-29-48-47)49(43)33-16-5-2-6-17-33/h1-30H. The number of aromatic nitrogens is 2. The average Bonchev–Trinajstić information content (AvgIpc) is 3.51. The minimum Gasteiger partial charge on any atom is -0.308 e. The van der Waals surface area contributed by atoms with Crippen LogP contribution in [0.25, 0.3) is 93.3 Å². The van der Waals surface area contributed by atoms with Gasteiger partial charge in [-0.3, -0.25) is 4.98 Å². The molecule has 0 atom stereocenters. The Kier molecular flexibility index (Phi) is 6.22. The quantitative estimate of drug-likeness (QED) is 0.179. The van der Waals surface area contributed by atoms with E-state index in [1.54, 1.807) is 0 Å². The Morgan fingerprint density at radius 3 is 1.57 bits per heavy atom. The normalized spacial score (nSPS) is 11.7. The Morgan fingerprint density at radius 2 is 0.898 bits per heavy atom. The van der Waals surface area contributed by atoms with Gasteiger partial charge in [0.1, 0.15) is 0 Å². The molecule has 0 bridgehead atoms. The highest BCUT2D eigenvalue weighted by atomic mass is 15.0. The first-order valence-corrected chi connectivity index (χ1v) is 16.8. The zero-order valence-corrected chi connectivity index (χ0v) is 26.7. The monoisotopic (exact) mass is 622 g/mol. The fourth-order valence-corrected chi connectivity index (χ4v) is 7.96. The molecule has 0 aliphatic carbocycles. The summed E-state index contributed by atoms with van der Waals surface area (Å²) in [5.74, 6) is 0. The molecule has 0 fully saturated rings. The molecule has 228 valence electrons. The molecular formula is C47H30N2. The van der Waals surface area contributed by atoms with Gasteiger partial charge in [-0.05, 0) is 102 Å². The maximum absolute atomic E-state index is 4.87. The summed E-state index contributed by atoms with van der Waals surface area (Å²) in [7, 11) is 0. The van der Waals surface area contributed by atoms with Crippen molar-refractivity contribution in [3.05, 3.63) is 182 Å². The largest absolute Gasteiger partial charge is 0.308 e. The number of hydrogen-bond acceptors (Lipinski definition) is 1. The summed E-state index contributed by atoms with van der Waals surface area (Å²) in [5, 5.41) is 8.69. The van der Waals surface area contributed by atoms with Crippen molar-refractivity contribution in [1.29, 1.82) is 0 Å². The lowest BCUT2D eigenvalue weighted by atomic mass is 9.84. The fourth-order valence-electron chi connectivity index (χ4n) is 7.96. The molecule has 0 unspecified atom stereocenters. The van der Waals surface area contributed by atoms with Crippen molar-refractivity contribution in [2.24, 2.45) is 0 Å². The molecule has 49 heavy (non-hydrogen) atoms. The SMILES string of the molecule is c1ccc(-c2c3ccccc3c(-c3ccc(-c4ccc5c(c4)c4ncccc4n5-c4ccccc4)c4ccccc34)c3ccccc23)cc1. The Hall–Kier alpha value is -6.51. The molecule has 0 aliphatic rings. The minimum atomic E-state index is 1.01. The lowest BCUT2D eigenvalue weighted by Crippen LogP contribution is -1.93. The number of hydrogen-bond donors (Lipinski definition) is 0. The zero-order chi connectivity index (χ0) is 32.3. The molecule has 8 aromatic carbocycles. The Balaban J connectivity index is 1.23. The van der Waals surface area contributed by atoms with Crippen LogP contribution in [0.4, 0.5) is 0 Å². The third-order valence-corrected chi connectivity index (χ3v) is 10.0. The molecule has 0 saturated carbocycles. The Bertz CT molecular complexity index is 2810. The second-order valence-electron chi connectivity index (χ2n) is 12.7. The van der Waals surface area contributed by atoms with Crippen LogP contribution in [0, 0.1) is 0 Å². The van der Waals surface area contributed by atoms with Crippen LogP contribution in [0.15, 0.2) is 182 Å². The number of rotatable bonds is 4. The molecule has 2 nitrogen and oxygen atoms in total. The van der Waals surface area contributed by atoms with Gasteiger partial charge >= 0.3 is 0 Å². The van der Waals surface area contributed by atoms with E-state index >= 15 is 0 Å². The highest BCUT2D eigenvalue weighted by Gasteiger charge is 2.20. The van der Waals surface area contributed by atoms with Crippen LogP contribution >= 0.6 is 0 Å². The molecule has 2 heteroatoms. The molecule has 0 radical (unpaired) electrons. The van der Waals surface area contributed by atoms with E-state index in [4.69, 9.17) is 4.98 Å². The fraction of sp³-hybridized carbons (Fsp3) is 0. The van der Waals surface area contributed by atoms with Crippen molar-refractivity contribution in [3.63, 3.8) is 0 Å². The Labute approximate surface area is 284 Å². The van der Waals surface area contributed by atoms with Gasteiger partial charge in [0.15, 0.2) is 0 Å². The van der Waals surface area contributed by atoms with Gasteiger partial charge in [-0.1, -0.05) is 140 Å². The van der Waals surface area contributed by atoms with Crippen LogP contribution in [0.1, 0.15) is 0 Å². The average molecular weight is 623 g/mol. The van der Waals surface area contributed by atoms with Gasteiger partial charge in [0.2, 0.25) is 0 Å². The first-order valence-electron chi connectivity index (χ1n) is 16.8.